The molecule has 5 N–H and O–H groups in total. The number of nitrogens with two attached hydrogens (primary N) is 2. The van der Waals surface area contributed by atoms with Gasteiger partial charge in [-0.15, -0.1) is 0 Å². The van der Waals surface area contributed by atoms with Gasteiger partial charge < -0.3 is 16.5 Å². The van der Waals surface area contributed by atoms with E-state index in [1.165, 1.54) is 0 Å². The van der Waals surface area contributed by atoms with Crippen LogP contribution >= 0.6 is 12.2 Å². The minimum Gasteiger partial charge on any atom is -0.384 e. The van der Waals surface area contributed by atoms with Gasteiger partial charge in [0.15, 0.2) is 11.7 Å². The zero-order valence-corrected chi connectivity index (χ0v) is 12.9. The van der Waals surface area contributed by atoms with Crippen molar-refractivity contribution in [2.24, 2.45) is 0 Å². The molecule has 0 radical (unpaired) electrons. The van der Waals surface area contributed by atoms with Crippen LogP contribution in [0.25, 0.3) is 11.1 Å². The van der Waals surface area contributed by atoms with Crippen LogP contribution in [0, 0.1) is 4.64 Å². The Labute approximate surface area is 138 Å². The molecule has 0 saturated heterocycles. The first-order valence-corrected chi connectivity index (χ1v) is 7.32. The molecule has 0 aliphatic rings. The zero-order chi connectivity index (χ0) is 16.4. The van der Waals surface area contributed by atoms with Gasteiger partial charge in [-0.1, -0.05) is 66.8 Å². The van der Waals surface area contributed by atoms with Gasteiger partial charge in [0, 0.05) is 5.56 Å². The summed E-state index contributed by atoms with van der Waals surface area (Å²) in [4.78, 5) is 19.1. The van der Waals surface area contributed by atoms with E-state index in [-0.39, 0.29) is 27.8 Å². The summed E-state index contributed by atoms with van der Waals surface area (Å²) in [5, 5.41) is 0. The number of aromatic amines is 1. The highest BCUT2D eigenvalue weighted by atomic mass is 32.1. The summed E-state index contributed by atoms with van der Waals surface area (Å²) in [5.74, 6) is -0.0704. The van der Waals surface area contributed by atoms with Crippen LogP contribution in [-0.2, 0) is 0 Å². The number of H-pyrrole nitrogens is 1. The molecule has 0 unspecified atom stereocenters. The number of aromatic nitrogens is 2. The Hall–Kier alpha value is -2.99. The second-order valence-electron chi connectivity index (χ2n) is 4.99. The van der Waals surface area contributed by atoms with Crippen LogP contribution in [0.15, 0.2) is 54.6 Å². The predicted molar refractivity (Wildman–Crippen MR) is 93.6 cm³/mol. The van der Waals surface area contributed by atoms with Crippen LogP contribution in [0.2, 0.25) is 0 Å². The molecule has 6 heteroatoms. The number of anilines is 2. The maximum absolute atomic E-state index is 12.6. The third-order valence-corrected chi connectivity index (χ3v) is 3.74. The van der Waals surface area contributed by atoms with Crippen LogP contribution in [-0.4, -0.2) is 15.8 Å². The summed E-state index contributed by atoms with van der Waals surface area (Å²) in [5.41, 5.74) is 14.1. The molecule has 0 aliphatic heterocycles. The van der Waals surface area contributed by atoms with E-state index in [0.29, 0.717) is 5.56 Å². The molecule has 0 aliphatic carbocycles. The van der Waals surface area contributed by atoms with E-state index in [9.17, 15) is 4.79 Å². The lowest BCUT2D eigenvalue weighted by molar-refractivity contribution is 0.103. The molecular weight excluding hydrogens is 308 g/mol. The maximum Gasteiger partial charge on any atom is 0.200 e. The highest BCUT2D eigenvalue weighted by molar-refractivity contribution is 7.71. The monoisotopic (exact) mass is 322 g/mol. The van der Waals surface area contributed by atoms with Gasteiger partial charge in [0.2, 0.25) is 0 Å². The normalized spacial score (nSPS) is 10.4. The SMILES string of the molecule is Nc1nc(=S)c(C(=O)c2ccc(-c3ccccc3)cc2)c(N)[nH]1. The van der Waals surface area contributed by atoms with Crippen molar-refractivity contribution in [3.8, 4) is 11.1 Å². The van der Waals surface area contributed by atoms with Crippen molar-refractivity contribution >= 4 is 29.8 Å². The van der Waals surface area contributed by atoms with Gasteiger partial charge in [-0.3, -0.25) is 4.79 Å². The topological polar surface area (TPSA) is 97.8 Å². The Morgan fingerprint density at radius 3 is 2.17 bits per heavy atom. The fourth-order valence-electron chi connectivity index (χ4n) is 2.32. The largest absolute Gasteiger partial charge is 0.384 e. The maximum atomic E-state index is 12.6. The average Bonchev–Trinajstić information content (AvgIpc) is 2.55. The van der Waals surface area contributed by atoms with E-state index < -0.39 is 0 Å². The van der Waals surface area contributed by atoms with Crippen molar-refractivity contribution in [1.29, 1.82) is 0 Å². The molecule has 23 heavy (non-hydrogen) atoms. The number of hydrogen-bond donors (Lipinski definition) is 3. The second kappa shape index (κ2) is 6.02. The quantitative estimate of drug-likeness (QED) is 0.508. The molecule has 0 atom stereocenters. The third-order valence-electron chi connectivity index (χ3n) is 3.45. The van der Waals surface area contributed by atoms with Gasteiger partial charge in [-0.2, -0.15) is 0 Å². The number of benzene rings is 2. The van der Waals surface area contributed by atoms with Gasteiger partial charge in [0.1, 0.15) is 10.5 Å². The Morgan fingerprint density at radius 2 is 1.57 bits per heavy atom. The first-order valence-electron chi connectivity index (χ1n) is 6.91. The number of carbonyl (C=O) groups excluding carboxylic acids is 1. The number of rotatable bonds is 3. The number of hydrogen-bond acceptors (Lipinski definition) is 5. The van der Waals surface area contributed by atoms with Crippen LogP contribution in [0.4, 0.5) is 11.8 Å². The lowest BCUT2D eigenvalue weighted by Gasteiger charge is -2.07. The number of carbonyl (C=O) groups is 1. The van der Waals surface area contributed by atoms with Crippen LogP contribution < -0.4 is 11.5 Å². The summed E-state index contributed by atoms with van der Waals surface area (Å²) in [6, 6.07) is 17.2. The van der Waals surface area contributed by atoms with Crippen molar-refractivity contribution in [2.75, 3.05) is 11.5 Å². The minimum atomic E-state index is -0.282. The number of nitrogens with one attached hydrogen (secondary N) is 1. The Morgan fingerprint density at radius 1 is 0.957 bits per heavy atom. The van der Waals surface area contributed by atoms with E-state index in [2.05, 4.69) is 9.97 Å². The first-order chi connectivity index (χ1) is 11.1. The molecule has 3 aromatic rings. The lowest BCUT2D eigenvalue weighted by atomic mass is 10.0. The lowest BCUT2D eigenvalue weighted by Crippen LogP contribution is -2.11. The van der Waals surface area contributed by atoms with Crippen molar-refractivity contribution in [3.05, 3.63) is 70.4 Å². The summed E-state index contributed by atoms with van der Waals surface area (Å²) < 4.78 is 0.0934. The van der Waals surface area contributed by atoms with E-state index in [1.54, 1.807) is 12.1 Å². The molecule has 1 aromatic heterocycles. The van der Waals surface area contributed by atoms with Crippen molar-refractivity contribution in [3.63, 3.8) is 0 Å². The Balaban J connectivity index is 1.97. The van der Waals surface area contributed by atoms with Gasteiger partial charge in [-0.05, 0) is 11.1 Å². The predicted octanol–water partition coefficient (Wildman–Crippen LogP) is 3.20. The van der Waals surface area contributed by atoms with Crippen molar-refractivity contribution in [1.82, 2.24) is 9.97 Å². The van der Waals surface area contributed by atoms with Crippen molar-refractivity contribution < 1.29 is 4.79 Å². The minimum absolute atomic E-state index is 0.0866. The third kappa shape index (κ3) is 2.97. The summed E-state index contributed by atoms with van der Waals surface area (Å²) in [6.07, 6.45) is 0. The molecule has 0 bridgehead atoms. The molecule has 0 amide bonds. The molecule has 3 rings (SSSR count). The Kier molecular flexibility index (Phi) is 3.91. The molecule has 114 valence electrons. The van der Waals surface area contributed by atoms with Crippen molar-refractivity contribution in [2.45, 2.75) is 0 Å². The zero-order valence-electron chi connectivity index (χ0n) is 12.1. The smallest absolute Gasteiger partial charge is 0.200 e. The average molecular weight is 322 g/mol. The molecule has 0 fully saturated rings. The highest BCUT2D eigenvalue weighted by Gasteiger charge is 2.16. The van der Waals surface area contributed by atoms with Crippen LogP contribution in [0.1, 0.15) is 15.9 Å². The van der Waals surface area contributed by atoms with Gasteiger partial charge in [-0.25, -0.2) is 4.98 Å². The van der Waals surface area contributed by atoms with Gasteiger partial charge in [0.05, 0.1) is 5.56 Å². The van der Waals surface area contributed by atoms with E-state index in [4.69, 9.17) is 23.7 Å². The first kappa shape index (κ1) is 14.9. The molecule has 0 saturated carbocycles. The van der Waals surface area contributed by atoms with E-state index in [0.717, 1.165) is 11.1 Å². The molecule has 2 aromatic carbocycles. The molecule has 1 heterocycles. The van der Waals surface area contributed by atoms with Crippen LogP contribution in [0.3, 0.4) is 0 Å². The van der Waals surface area contributed by atoms with Gasteiger partial charge >= 0.3 is 0 Å². The standard InChI is InChI=1S/C17H14N4OS/c18-15-13(16(23)21-17(19)20-15)14(22)12-8-6-11(7-9-12)10-4-2-1-3-5-10/h1-9H,(H5,18,19,20,21,23). The number of nitrogen functional groups attached to an aromatic ring is 2. The number of nitrogens with zero attached hydrogens (tertiary/aromatic N) is 1. The van der Waals surface area contributed by atoms with E-state index in [1.807, 2.05) is 42.5 Å². The fraction of sp³-hybridized carbons (Fsp3) is 0. The van der Waals surface area contributed by atoms with E-state index >= 15 is 0 Å². The summed E-state index contributed by atoms with van der Waals surface area (Å²) >= 11 is 5.09. The van der Waals surface area contributed by atoms with Gasteiger partial charge in [0.25, 0.3) is 0 Å². The summed E-state index contributed by atoms with van der Waals surface area (Å²) in [6.45, 7) is 0. The fourth-order valence-corrected chi connectivity index (χ4v) is 2.62. The van der Waals surface area contributed by atoms with Crippen LogP contribution in [0.5, 0.6) is 0 Å². The molecular formula is C17H14N4OS. The molecule has 5 nitrogen and oxygen atoms in total. The highest BCUT2D eigenvalue weighted by Crippen LogP contribution is 2.22. The summed E-state index contributed by atoms with van der Waals surface area (Å²) in [7, 11) is 0. The Bertz CT molecular complexity index is 918. The molecule has 0 spiro atoms. The number of ketones is 1. The second-order valence-corrected chi connectivity index (χ2v) is 5.38.